The van der Waals surface area contributed by atoms with Gasteiger partial charge in [-0.25, -0.2) is 9.18 Å². The second-order valence-corrected chi connectivity index (χ2v) is 10.7. The highest BCUT2D eigenvalue weighted by Crippen LogP contribution is 2.40. The van der Waals surface area contributed by atoms with E-state index in [-0.39, 0.29) is 29.9 Å². The molecule has 1 saturated carbocycles. The maximum Gasteiger partial charge on any atom is 0.339 e. The van der Waals surface area contributed by atoms with Gasteiger partial charge in [0.05, 0.1) is 10.6 Å². The third kappa shape index (κ3) is 5.25. The predicted molar refractivity (Wildman–Crippen MR) is 139 cm³/mol. The Labute approximate surface area is 220 Å². The number of piperidine rings is 1. The molecule has 1 aromatic heterocycles. The molecule has 5 rings (SSSR count). The minimum Gasteiger partial charge on any atom is -0.489 e. The van der Waals surface area contributed by atoms with Gasteiger partial charge in [0, 0.05) is 48.0 Å². The van der Waals surface area contributed by atoms with E-state index in [0.29, 0.717) is 48.4 Å². The number of hydrogen-bond donors (Lipinski definition) is 1. The molecule has 3 aromatic rings. The predicted octanol–water partition coefficient (Wildman–Crippen LogP) is 5.56. The summed E-state index contributed by atoms with van der Waals surface area (Å²) in [5.41, 5.74) is 1.07. The molecule has 2 aliphatic rings. The van der Waals surface area contributed by atoms with E-state index in [0.717, 1.165) is 36.6 Å². The van der Waals surface area contributed by atoms with Gasteiger partial charge in [0.1, 0.15) is 23.8 Å². The molecule has 2 heterocycles. The monoisotopic (exact) mass is 527 g/mol. The summed E-state index contributed by atoms with van der Waals surface area (Å²) in [5, 5.41) is 11.7. The smallest absolute Gasteiger partial charge is 0.339 e. The van der Waals surface area contributed by atoms with Crippen molar-refractivity contribution in [1.29, 1.82) is 0 Å². The number of rotatable bonds is 6. The molecular formula is C29H31ClFNO5. The van der Waals surface area contributed by atoms with E-state index in [9.17, 15) is 19.1 Å². The molecule has 0 radical (unpaired) electrons. The fraction of sp³-hybridized carbons (Fsp3) is 0.448. The van der Waals surface area contributed by atoms with Crippen LogP contribution >= 0.6 is 11.6 Å². The molecular weight excluding hydrogens is 497 g/mol. The first-order valence-corrected chi connectivity index (χ1v) is 13.2. The van der Waals surface area contributed by atoms with Crippen molar-refractivity contribution >= 4 is 28.5 Å². The summed E-state index contributed by atoms with van der Waals surface area (Å²) in [6.07, 6.45) is 5.06. The van der Waals surface area contributed by atoms with Crippen molar-refractivity contribution in [1.82, 2.24) is 4.90 Å². The van der Waals surface area contributed by atoms with Crippen LogP contribution in [0.2, 0.25) is 5.02 Å². The summed E-state index contributed by atoms with van der Waals surface area (Å²) in [5.74, 6) is 0.0989. The second kappa shape index (κ2) is 10.5. The van der Waals surface area contributed by atoms with Gasteiger partial charge in [-0.15, -0.1) is 0 Å². The number of benzene rings is 2. The standard InChI is InChI=1S/C29H31ClFNO5/c1-18-22-9-8-21(36-17-19-5-4-7-24(31)27(19)30)15-25(22)37-28(34)23(18)10-11-26(33)32-14-13-29(35)12-3-2-6-20(29)16-32/h4-5,7-9,15,20,35H,2-3,6,10-14,16-17H2,1H3/t20-,29-/m1/s1. The van der Waals surface area contributed by atoms with Crippen LogP contribution in [0, 0.1) is 18.7 Å². The Bertz CT molecular complexity index is 1390. The Morgan fingerprint density at radius 1 is 1.27 bits per heavy atom. The van der Waals surface area contributed by atoms with Gasteiger partial charge in [-0.1, -0.05) is 36.6 Å². The SMILES string of the molecule is Cc1c(CCC(=O)N2CC[C@]3(O)CCCC[C@@H]3C2)c(=O)oc2cc(OCc3cccc(F)c3Cl)ccc12. The number of aliphatic hydroxyl groups is 1. The summed E-state index contributed by atoms with van der Waals surface area (Å²) in [7, 11) is 0. The lowest BCUT2D eigenvalue weighted by Crippen LogP contribution is -2.54. The molecule has 37 heavy (non-hydrogen) atoms. The van der Waals surface area contributed by atoms with Crippen LogP contribution in [0.4, 0.5) is 4.39 Å². The van der Waals surface area contributed by atoms with Crippen LogP contribution in [0.1, 0.15) is 55.2 Å². The average Bonchev–Trinajstić information content (AvgIpc) is 2.88. The molecule has 2 atom stereocenters. The molecule has 8 heteroatoms. The lowest BCUT2D eigenvalue weighted by atomic mass is 9.71. The first-order valence-electron chi connectivity index (χ1n) is 12.9. The maximum atomic E-state index is 13.7. The summed E-state index contributed by atoms with van der Waals surface area (Å²) in [6.45, 7) is 3.07. The third-order valence-electron chi connectivity index (χ3n) is 8.05. The van der Waals surface area contributed by atoms with Gasteiger partial charge in [-0.3, -0.25) is 4.79 Å². The Morgan fingerprint density at radius 3 is 2.95 bits per heavy atom. The van der Waals surface area contributed by atoms with Gasteiger partial charge >= 0.3 is 5.63 Å². The van der Waals surface area contributed by atoms with E-state index >= 15 is 0 Å². The zero-order valence-electron chi connectivity index (χ0n) is 20.9. The number of ether oxygens (including phenoxy) is 1. The molecule has 1 aliphatic carbocycles. The van der Waals surface area contributed by atoms with Crippen molar-refractivity contribution in [3.05, 3.63) is 74.3 Å². The van der Waals surface area contributed by atoms with Crippen LogP contribution in [0.5, 0.6) is 5.75 Å². The fourth-order valence-corrected chi connectivity index (χ4v) is 5.94. The van der Waals surface area contributed by atoms with Crippen LogP contribution in [-0.2, 0) is 17.8 Å². The number of aryl methyl sites for hydroxylation is 1. The fourth-order valence-electron chi connectivity index (χ4n) is 5.76. The van der Waals surface area contributed by atoms with Gasteiger partial charge in [-0.2, -0.15) is 0 Å². The van der Waals surface area contributed by atoms with Crippen LogP contribution in [0.3, 0.4) is 0 Å². The molecule has 0 unspecified atom stereocenters. The highest BCUT2D eigenvalue weighted by atomic mass is 35.5. The Kier molecular flexibility index (Phi) is 7.28. The Morgan fingerprint density at radius 2 is 2.11 bits per heavy atom. The molecule has 1 aliphatic heterocycles. The van der Waals surface area contributed by atoms with Crippen LogP contribution in [0.25, 0.3) is 11.0 Å². The number of fused-ring (bicyclic) bond motifs is 2. The van der Waals surface area contributed by atoms with E-state index < -0.39 is 17.0 Å². The first kappa shape index (κ1) is 25.7. The largest absolute Gasteiger partial charge is 0.489 e. The molecule has 196 valence electrons. The van der Waals surface area contributed by atoms with Crippen molar-refractivity contribution < 1.29 is 23.4 Å². The van der Waals surface area contributed by atoms with Crippen molar-refractivity contribution in [3.63, 3.8) is 0 Å². The number of hydrogen-bond acceptors (Lipinski definition) is 5. The van der Waals surface area contributed by atoms with Gasteiger partial charge in [0.2, 0.25) is 5.91 Å². The van der Waals surface area contributed by atoms with Crippen LogP contribution < -0.4 is 10.4 Å². The van der Waals surface area contributed by atoms with Crippen molar-refractivity contribution in [2.24, 2.45) is 5.92 Å². The minimum absolute atomic E-state index is 0.00581. The van der Waals surface area contributed by atoms with E-state index in [4.69, 9.17) is 20.8 Å². The van der Waals surface area contributed by atoms with E-state index in [1.54, 1.807) is 24.3 Å². The lowest BCUT2D eigenvalue weighted by molar-refractivity contribution is -0.143. The summed E-state index contributed by atoms with van der Waals surface area (Å²) in [6, 6.07) is 9.74. The van der Waals surface area contributed by atoms with Gasteiger partial charge in [0.25, 0.3) is 0 Å². The number of likely N-dealkylation sites (tertiary alicyclic amines) is 1. The minimum atomic E-state index is -0.628. The van der Waals surface area contributed by atoms with Gasteiger partial charge in [-0.05, 0) is 56.4 Å². The molecule has 1 N–H and O–H groups in total. The first-order chi connectivity index (χ1) is 17.7. The number of amides is 1. The number of halogens is 2. The molecule has 2 fully saturated rings. The van der Waals surface area contributed by atoms with E-state index in [1.807, 2.05) is 17.9 Å². The van der Waals surface area contributed by atoms with Crippen molar-refractivity contribution in [3.8, 4) is 5.75 Å². The Hall–Kier alpha value is -2.90. The number of carbonyl (C=O) groups excluding carboxylic acids is 1. The van der Waals surface area contributed by atoms with E-state index in [1.165, 1.54) is 6.07 Å². The number of nitrogens with zero attached hydrogens (tertiary/aromatic N) is 1. The second-order valence-electron chi connectivity index (χ2n) is 10.3. The molecule has 2 aromatic carbocycles. The molecule has 1 amide bonds. The van der Waals surface area contributed by atoms with Crippen LogP contribution in [0.15, 0.2) is 45.6 Å². The lowest BCUT2D eigenvalue weighted by Gasteiger charge is -2.47. The topological polar surface area (TPSA) is 80.0 Å². The van der Waals surface area contributed by atoms with Crippen molar-refractivity contribution in [2.45, 2.75) is 64.1 Å². The third-order valence-corrected chi connectivity index (χ3v) is 8.48. The zero-order chi connectivity index (χ0) is 26.2. The normalized spacial score (nSPS) is 21.6. The molecule has 6 nitrogen and oxygen atoms in total. The number of carbonyl (C=O) groups is 1. The average molecular weight is 528 g/mol. The maximum absolute atomic E-state index is 13.7. The summed E-state index contributed by atoms with van der Waals surface area (Å²) < 4.78 is 25.0. The van der Waals surface area contributed by atoms with E-state index in [2.05, 4.69) is 0 Å². The molecule has 0 bridgehead atoms. The van der Waals surface area contributed by atoms with Crippen LogP contribution in [-0.4, -0.2) is 34.6 Å². The highest BCUT2D eigenvalue weighted by Gasteiger charge is 2.43. The quantitative estimate of drug-likeness (QED) is 0.425. The molecule has 0 spiro atoms. The molecule has 1 saturated heterocycles. The van der Waals surface area contributed by atoms with Gasteiger partial charge in [0.15, 0.2) is 0 Å². The summed E-state index contributed by atoms with van der Waals surface area (Å²) in [4.78, 5) is 27.6. The zero-order valence-corrected chi connectivity index (χ0v) is 21.7. The Balaban J connectivity index is 1.26. The van der Waals surface area contributed by atoms with Gasteiger partial charge < -0.3 is 19.2 Å². The highest BCUT2D eigenvalue weighted by molar-refractivity contribution is 6.31. The summed E-state index contributed by atoms with van der Waals surface area (Å²) >= 11 is 6.00. The van der Waals surface area contributed by atoms with Crippen molar-refractivity contribution in [2.75, 3.05) is 13.1 Å².